The van der Waals surface area contributed by atoms with Crippen molar-refractivity contribution in [3.8, 4) is 0 Å². The SMILES string of the molecule is [NH]CCCCC(N)C(=O)NCNC(=O)C(N)CCCC[NH]. The molecule has 0 saturated carbocycles. The summed E-state index contributed by atoms with van der Waals surface area (Å²) in [5, 5.41) is 5.07. The normalized spacial score (nSPS) is 13.5. The first-order valence-electron chi connectivity index (χ1n) is 7.38. The van der Waals surface area contributed by atoms with Gasteiger partial charge in [0.25, 0.3) is 0 Å². The van der Waals surface area contributed by atoms with E-state index in [2.05, 4.69) is 10.6 Å². The molecular weight excluding hydrogens is 272 g/mol. The number of unbranched alkanes of at least 4 members (excludes halogenated alkanes) is 2. The summed E-state index contributed by atoms with van der Waals surface area (Å²) in [6, 6.07) is -1.22. The Bertz CT molecular complexity index is 272. The maximum absolute atomic E-state index is 11.6. The highest BCUT2D eigenvalue weighted by Crippen LogP contribution is 1.99. The van der Waals surface area contributed by atoms with Crippen LogP contribution in [0.25, 0.3) is 0 Å². The Morgan fingerprint density at radius 3 is 1.52 bits per heavy atom. The molecule has 0 saturated heterocycles. The second kappa shape index (κ2) is 12.5. The van der Waals surface area contributed by atoms with Gasteiger partial charge in [-0.1, -0.05) is 12.8 Å². The van der Waals surface area contributed by atoms with E-state index in [1.165, 1.54) is 0 Å². The van der Waals surface area contributed by atoms with Crippen LogP contribution in [0.1, 0.15) is 38.5 Å². The molecule has 0 rings (SSSR count). The van der Waals surface area contributed by atoms with Crippen molar-refractivity contribution < 1.29 is 9.59 Å². The van der Waals surface area contributed by atoms with E-state index >= 15 is 0 Å². The Kier molecular flexibility index (Phi) is 11.8. The molecule has 8 nitrogen and oxygen atoms in total. The van der Waals surface area contributed by atoms with E-state index in [1.54, 1.807) is 0 Å². The van der Waals surface area contributed by atoms with Crippen LogP contribution >= 0.6 is 0 Å². The molecule has 0 fully saturated rings. The average Bonchev–Trinajstić information content (AvgIpc) is 2.47. The minimum absolute atomic E-state index is 0.00988. The van der Waals surface area contributed by atoms with Gasteiger partial charge in [0.05, 0.1) is 18.8 Å². The van der Waals surface area contributed by atoms with Crippen LogP contribution in [0.2, 0.25) is 0 Å². The summed E-state index contributed by atoms with van der Waals surface area (Å²) in [7, 11) is 0. The van der Waals surface area contributed by atoms with E-state index in [0.29, 0.717) is 25.9 Å². The van der Waals surface area contributed by atoms with Crippen LogP contribution in [0, 0.1) is 0 Å². The number of carbonyl (C=O) groups is 2. The van der Waals surface area contributed by atoms with Crippen molar-refractivity contribution in [1.29, 1.82) is 0 Å². The monoisotopic (exact) mass is 300 g/mol. The van der Waals surface area contributed by atoms with Crippen LogP contribution in [0.4, 0.5) is 0 Å². The Balaban J connectivity index is 3.75. The summed E-state index contributed by atoms with van der Waals surface area (Å²) in [4.78, 5) is 23.2. The molecule has 2 atom stereocenters. The Labute approximate surface area is 126 Å². The highest BCUT2D eigenvalue weighted by molar-refractivity contribution is 5.83. The van der Waals surface area contributed by atoms with Gasteiger partial charge in [0, 0.05) is 13.1 Å². The first kappa shape index (κ1) is 19.8. The molecule has 0 aliphatic heterocycles. The topological polar surface area (TPSA) is 158 Å². The maximum Gasteiger partial charge on any atom is 0.238 e. The molecule has 0 aromatic heterocycles. The third-order valence-corrected chi connectivity index (χ3v) is 3.08. The van der Waals surface area contributed by atoms with Gasteiger partial charge in [-0.15, -0.1) is 0 Å². The minimum atomic E-state index is -0.612. The van der Waals surface area contributed by atoms with Gasteiger partial charge in [-0.25, -0.2) is 0 Å². The fourth-order valence-corrected chi connectivity index (χ4v) is 1.72. The zero-order chi connectivity index (χ0) is 16.1. The van der Waals surface area contributed by atoms with Gasteiger partial charge in [0.2, 0.25) is 11.8 Å². The van der Waals surface area contributed by atoms with Crippen molar-refractivity contribution >= 4 is 11.8 Å². The van der Waals surface area contributed by atoms with Crippen LogP contribution in [-0.4, -0.2) is 43.7 Å². The van der Waals surface area contributed by atoms with E-state index in [-0.39, 0.29) is 18.5 Å². The van der Waals surface area contributed by atoms with Gasteiger partial charge in [0.1, 0.15) is 0 Å². The van der Waals surface area contributed by atoms with Crippen LogP contribution in [0.5, 0.6) is 0 Å². The smallest absolute Gasteiger partial charge is 0.238 e. The molecule has 2 amide bonds. The molecular formula is C13H28N6O2. The lowest BCUT2D eigenvalue weighted by molar-refractivity contribution is -0.124. The van der Waals surface area contributed by atoms with E-state index in [9.17, 15) is 9.59 Å². The predicted molar refractivity (Wildman–Crippen MR) is 80.7 cm³/mol. The second-order valence-electron chi connectivity index (χ2n) is 4.96. The first-order valence-corrected chi connectivity index (χ1v) is 7.38. The molecule has 0 aromatic rings. The largest absolute Gasteiger partial charge is 0.337 e. The molecule has 0 heterocycles. The van der Waals surface area contributed by atoms with Crippen molar-refractivity contribution in [2.45, 2.75) is 50.6 Å². The predicted octanol–water partition coefficient (Wildman–Crippen LogP) is -1.26. The van der Waals surface area contributed by atoms with Crippen molar-refractivity contribution in [2.24, 2.45) is 11.5 Å². The highest BCUT2D eigenvalue weighted by Gasteiger charge is 2.15. The van der Waals surface area contributed by atoms with Crippen molar-refractivity contribution in [1.82, 2.24) is 22.1 Å². The molecule has 122 valence electrons. The molecule has 2 unspecified atom stereocenters. The number of rotatable bonds is 12. The fraction of sp³-hybridized carbons (Fsp3) is 0.846. The fourth-order valence-electron chi connectivity index (χ4n) is 1.72. The van der Waals surface area contributed by atoms with Crippen LogP contribution in [0.3, 0.4) is 0 Å². The van der Waals surface area contributed by atoms with Gasteiger partial charge < -0.3 is 22.1 Å². The van der Waals surface area contributed by atoms with Gasteiger partial charge >= 0.3 is 0 Å². The Hall–Kier alpha value is -1.22. The quantitative estimate of drug-likeness (QED) is 0.262. The van der Waals surface area contributed by atoms with E-state index in [1.807, 2.05) is 0 Å². The Morgan fingerprint density at radius 2 is 1.19 bits per heavy atom. The van der Waals surface area contributed by atoms with Gasteiger partial charge in [-0.2, -0.15) is 0 Å². The summed E-state index contributed by atoms with van der Waals surface area (Å²) in [6.07, 6.45) is 4.00. The molecule has 0 aromatic carbocycles. The van der Waals surface area contributed by atoms with E-state index in [0.717, 1.165) is 25.7 Å². The van der Waals surface area contributed by atoms with Crippen molar-refractivity contribution in [3.05, 3.63) is 0 Å². The molecule has 0 aliphatic rings. The van der Waals surface area contributed by atoms with E-state index < -0.39 is 12.1 Å². The molecule has 21 heavy (non-hydrogen) atoms. The third-order valence-electron chi connectivity index (χ3n) is 3.08. The lowest BCUT2D eigenvalue weighted by atomic mass is 10.1. The summed E-state index contributed by atoms with van der Waals surface area (Å²) >= 11 is 0. The van der Waals surface area contributed by atoms with Gasteiger partial charge in [0.15, 0.2) is 0 Å². The van der Waals surface area contributed by atoms with Gasteiger partial charge in [-0.05, 0) is 25.7 Å². The molecule has 0 bridgehead atoms. The number of hydrogen-bond acceptors (Lipinski definition) is 4. The third kappa shape index (κ3) is 10.2. The molecule has 8 heteroatoms. The van der Waals surface area contributed by atoms with Crippen molar-refractivity contribution in [3.63, 3.8) is 0 Å². The average molecular weight is 300 g/mol. The lowest BCUT2D eigenvalue weighted by Crippen LogP contribution is -2.48. The molecule has 0 aliphatic carbocycles. The molecule has 2 radical (unpaired) electrons. The van der Waals surface area contributed by atoms with Crippen LogP contribution in [0.15, 0.2) is 0 Å². The number of amides is 2. The second-order valence-corrected chi connectivity index (χ2v) is 4.96. The standard InChI is InChI=1S/C13H28N6O2/c14-7-3-1-5-10(16)12(20)18-9-19-13(21)11(17)6-2-4-8-15/h10-11,14-15H,1-9,16-17H2,(H,18,20)(H,19,21). The van der Waals surface area contributed by atoms with Gasteiger partial charge in [-0.3, -0.25) is 21.1 Å². The molecule has 0 spiro atoms. The van der Waals surface area contributed by atoms with Crippen molar-refractivity contribution in [2.75, 3.05) is 19.8 Å². The minimum Gasteiger partial charge on any atom is -0.337 e. The van der Waals surface area contributed by atoms with Crippen LogP contribution in [-0.2, 0) is 9.59 Å². The number of hydrogen-bond donors (Lipinski definition) is 4. The zero-order valence-corrected chi connectivity index (χ0v) is 12.5. The zero-order valence-electron chi connectivity index (χ0n) is 12.5. The number of carbonyl (C=O) groups excluding carboxylic acids is 2. The number of nitrogens with one attached hydrogen (secondary N) is 4. The summed E-state index contributed by atoms with van der Waals surface area (Å²) in [5.41, 5.74) is 25.4. The Morgan fingerprint density at radius 1 is 0.810 bits per heavy atom. The lowest BCUT2D eigenvalue weighted by Gasteiger charge is -2.15. The maximum atomic E-state index is 11.6. The highest BCUT2D eigenvalue weighted by atomic mass is 16.2. The summed E-state index contributed by atoms with van der Waals surface area (Å²) < 4.78 is 0. The summed E-state index contributed by atoms with van der Waals surface area (Å²) in [5.74, 6) is -0.633. The molecule has 8 N–H and O–H groups in total. The van der Waals surface area contributed by atoms with Crippen LogP contribution < -0.4 is 33.6 Å². The summed E-state index contributed by atoms with van der Waals surface area (Å²) in [6.45, 7) is 0.682. The van der Waals surface area contributed by atoms with E-state index in [4.69, 9.17) is 22.9 Å². The number of nitrogens with two attached hydrogens (primary N) is 2. The first-order chi connectivity index (χ1) is 10.0.